The van der Waals surface area contributed by atoms with E-state index in [4.69, 9.17) is 4.74 Å². The second-order valence-corrected chi connectivity index (χ2v) is 7.02. The number of ketones is 1. The highest BCUT2D eigenvalue weighted by Gasteiger charge is 2.18. The number of benzene rings is 3. The Kier molecular flexibility index (Phi) is 5.43. The zero-order chi connectivity index (χ0) is 20.2. The van der Waals surface area contributed by atoms with Crippen LogP contribution in [-0.2, 0) is 16.1 Å². The second kappa shape index (κ2) is 8.31. The Labute approximate surface area is 169 Å². The molecule has 146 valence electrons. The van der Waals surface area contributed by atoms with Gasteiger partial charge in [-0.1, -0.05) is 60.7 Å². The van der Waals surface area contributed by atoms with E-state index >= 15 is 0 Å². The van der Waals surface area contributed by atoms with Crippen LogP contribution >= 0.6 is 0 Å². The molecule has 0 saturated carbocycles. The minimum Gasteiger partial charge on any atom is -0.466 e. The molecular formula is C25H23NO3. The molecule has 1 heterocycles. The molecule has 0 aliphatic rings. The van der Waals surface area contributed by atoms with Gasteiger partial charge in [-0.05, 0) is 30.2 Å². The molecule has 0 fully saturated rings. The Morgan fingerprint density at radius 1 is 0.862 bits per heavy atom. The maximum absolute atomic E-state index is 13.5. The third-order valence-corrected chi connectivity index (χ3v) is 5.15. The zero-order valence-corrected chi connectivity index (χ0v) is 16.4. The van der Waals surface area contributed by atoms with E-state index in [1.54, 1.807) is 0 Å². The number of hydrogen-bond acceptors (Lipinski definition) is 3. The molecule has 0 aliphatic carbocycles. The number of aromatic nitrogens is 1. The van der Waals surface area contributed by atoms with Gasteiger partial charge in [-0.25, -0.2) is 0 Å². The largest absolute Gasteiger partial charge is 0.466 e. The van der Waals surface area contributed by atoms with Crippen molar-refractivity contribution < 1.29 is 14.3 Å². The SMILES string of the molecule is CCOC(=O)CCCn1cc(C(=O)c2cccc3ccccc23)c2ccccc21. The summed E-state index contributed by atoms with van der Waals surface area (Å²) in [5.41, 5.74) is 2.39. The van der Waals surface area contributed by atoms with E-state index in [0.717, 1.165) is 21.7 Å². The summed E-state index contributed by atoms with van der Waals surface area (Å²) in [6.45, 7) is 2.86. The molecule has 0 atom stereocenters. The molecule has 4 heteroatoms. The summed E-state index contributed by atoms with van der Waals surface area (Å²) < 4.78 is 7.07. The zero-order valence-electron chi connectivity index (χ0n) is 16.4. The number of esters is 1. The number of nitrogens with zero attached hydrogens (tertiary/aromatic N) is 1. The maximum Gasteiger partial charge on any atom is 0.305 e. The van der Waals surface area contributed by atoms with Gasteiger partial charge in [-0.3, -0.25) is 9.59 Å². The summed E-state index contributed by atoms with van der Waals surface area (Å²) >= 11 is 0. The average Bonchev–Trinajstić information content (AvgIpc) is 3.12. The topological polar surface area (TPSA) is 48.3 Å². The summed E-state index contributed by atoms with van der Waals surface area (Å²) in [7, 11) is 0. The van der Waals surface area contributed by atoms with Crippen LogP contribution in [0.3, 0.4) is 0 Å². The molecule has 0 bridgehead atoms. The van der Waals surface area contributed by atoms with Crippen molar-refractivity contribution in [3.05, 3.63) is 84.1 Å². The lowest BCUT2D eigenvalue weighted by atomic mass is 9.97. The van der Waals surface area contributed by atoms with Gasteiger partial charge < -0.3 is 9.30 Å². The third-order valence-electron chi connectivity index (χ3n) is 5.15. The van der Waals surface area contributed by atoms with E-state index in [2.05, 4.69) is 4.57 Å². The van der Waals surface area contributed by atoms with Crippen LogP contribution in [0.2, 0.25) is 0 Å². The highest BCUT2D eigenvalue weighted by Crippen LogP contribution is 2.27. The fourth-order valence-electron chi connectivity index (χ4n) is 3.81. The fourth-order valence-corrected chi connectivity index (χ4v) is 3.81. The fraction of sp³-hybridized carbons (Fsp3) is 0.200. The van der Waals surface area contributed by atoms with E-state index in [0.29, 0.717) is 37.1 Å². The Hall–Kier alpha value is -3.40. The van der Waals surface area contributed by atoms with Crippen LogP contribution in [0.1, 0.15) is 35.7 Å². The molecule has 0 radical (unpaired) electrons. The predicted molar refractivity (Wildman–Crippen MR) is 115 cm³/mol. The lowest BCUT2D eigenvalue weighted by Crippen LogP contribution is -2.06. The lowest BCUT2D eigenvalue weighted by Gasteiger charge is -2.05. The van der Waals surface area contributed by atoms with Crippen molar-refractivity contribution in [3.8, 4) is 0 Å². The number of ether oxygens (including phenoxy) is 1. The quantitative estimate of drug-likeness (QED) is 0.317. The molecule has 0 aliphatic heterocycles. The Morgan fingerprint density at radius 3 is 2.41 bits per heavy atom. The van der Waals surface area contributed by atoms with Gasteiger partial charge in [0.25, 0.3) is 0 Å². The van der Waals surface area contributed by atoms with Crippen LogP contribution < -0.4 is 0 Å². The van der Waals surface area contributed by atoms with Crippen molar-refractivity contribution in [2.24, 2.45) is 0 Å². The van der Waals surface area contributed by atoms with Crippen LogP contribution in [0, 0.1) is 0 Å². The van der Waals surface area contributed by atoms with Gasteiger partial charge >= 0.3 is 5.97 Å². The first kappa shape index (κ1) is 18.9. The minimum atomic E-state index is -0.184. The monoisotopic (exact) mass is 385 g/mol. The molecule has 0 N–H and O–H groups in total. The molecular weight excluding hydrogens is 362 g/mol. The molecule has 0 saturated heterocycles. The van der Waals surface area contributed by atoms with E-state index < -0.39 is 0 Å². The summed E-state index contributed by atoms with van der Waals surface area (Å²) in [6, 6.07) is 21.7. The van der Waals surface area contributed by atoms with Gasteiger partial charge in [-0.2, -0.15) is 0 Å². The molecule has 0 amide bonds. The van der Waals surface area contributed by atoms with Crippen LogP contribution in [0.15, 0.2) is 72.9 Å². The number of aryl methyl sites for hydroxylation is 1. The Balaban J connectivity index is 1.69. The van der Waals surface area contributed by atoms with Gasteiger partial charge in [0.05, 0.1) is 6.61 Å². The van der Waals surface area contributed by atoms with Gasteiger partial charge in [0.1, 0.15) is 0 Å². The first-order chi connectivity index (χ1) is 14.2. The predicted octanol–water partition coefficient (Wildman–Crippen LogP) is 5.37. The number of hydrogen-bond donors (Lipinski definition) is 0. The summed E-state index contributed by atoms with van der Waals surface area (Å²) in [5, 5.41) is 2.94. The standard InChI is InChI=1S/C25H23NO3/c1-2-29-24(27)15-8-16-26-17-22(20-12-5-6-14-23(20)26)25(28)21-13-7-10-18-9-3-4-11-19(18)21/h3-7,9-14,17H,2,8,15-16H2,1H3. The van der Waals surface area contributed by atoms with Gasteiger partial charge in [0, 0.05) is 41.2 Å². The van der Waals surface area contributed by atoms with E-state index in [-0.39, 0.29) is 11.8 Å². The molecule has 0 unspecified atom stereocenters. The first-order valence-electron chi connectivity index (χ1n) is 9.95. The molecule has 29 heavy (non-hydrogen) atoms. The smallest absolute Gasteiger partial charge is 0.305 e. The molecule has 1 aromatic heterocycles. The number of para-hydroxylation sites is 1. The minimum absolute atomic E-state index is 0.0159. The highest BCUT2D eigenvalue weighted by molar-refractivity contribution is 6.21. The average molecular weight is 385 g/mol. The van der Waals surface area contributed by atoms with E-state index in [9.17, 15) is 9.59 Å². The van der Waals surface area contributed by atoms with Gasteiger partial charge in [-0.15, -0.1) is 0 Å². The normalized spacial score (nSPS) is 11.1. The molecule has 4 aromatic rings. The lowest BCUT2D eigenvalue weighted by molar-refractivity contribution is -0.143. The second-order valence-electron chi connectivity index (χ2n) is 7.02. The summed E-state index contributed by atoms with van der Waals surface area (Å²) in [5.74, 6) is -0.168. The van der Waals surface area contributed by atoms with Crippen molar-refractivity contribution in [2.45, 2.75) is 26.3 Å². The van der Waals surface area contributed by atoms with Crippen molar-refractivity contribution in [1.29, 1.82) is 0 Å². The Bertz CT molecular complexity index is 1180. The molecule has 4 nitrogen and oxygen atoms in total. The van der Waals surface area contributed by atoms with Gasteiger partial charge in [0.15, 0.2) is 5.78 Å². The van der Waals surface area contributed by atoms with E-state index in [1.165, 1.54) is 0 Å². The van der Waals surface area contributed by atoms with Crippen molar-refractivity contribution in [1.82, 2.24) is 4.57 Å². The molecule has 4 rings (SSSR count). The molecule has 0 spiro atoms. The van der Waals surface area contributed by atoms with Crippen LogP contribution in [0.5, 0.6) is 0 Å². The summed E-state index contributed by atoms with van der Waals surface area (Å²) in [4.78, 5) is 25.1. The molecule has 3 aromatic carbocycles. The number of rotatable bonds is 7. The number of fused-ring (bicyclic) bond motifs is 2. The van der Waals surface area contributed by atoms with Crippen molar-refractivity contribution in [2.75, 3.05) is 6.61 Å². The van der Waals surface area contributed by atoms with Gasteiger partial charge in [0.2, 0.25) is 0 Å². The van der Waals surface area contributed by atoms with Crippen molar-refractivity contribution >= 4 is 33.4 Å². The number of carbonyl (C=O) groups is 2. The Morgan fingerprint density at radius 2 is 1.59 bits per heavy atom. The number of carbonyl (C=O) groups excluding carboxylic acids is 2. The van der Waals surface area contributed by atoms with Crippen molar-refractivity contribution in [3.63, 3.8) is 0 Å². The van der Waals surface area contributed by atoms with Crippen LogP contribution in [0.4, 0.5) is 0 Å². The highest BCUT2D eigenvalue weighted by atomic mass is 16.5. The maximum atomic E-state index is 13.5. The summed E-state index contributed by atoms with van der Waals surface area (Å²) in [6.07, 6.45) is 2.95. The first-order valence-corrected chi connectivity index (χ1v) is 9.95. The van der Waals surface area contributed by atoms with Crippen LogP contribution in [0.25, 0.3) is 21.7 Å². The van der Waals surface area contributed by atoms with Crippen LogP contribution in [-0.4, -0.2) is 22.9 Å². The van der Waals surface area contributed by atoms with E-state index in [1.807, 2.05) is 79.9 Å². The third kappa shape index (κ3) is 3.79.